The van der Waals surface area contributed by atoms with E-state index >= 15 is 0 Å². The number of hydrogen-bond donors (Lipinski definition) is 4. The highest BCUT2D eigenvalue weighted by molar-refractivity contribution is 5.96. The molecule has 0 aromatic heterocycles. The first-order valence-corrected chi connectivity index (χ1v) is 10.9. The Morgan fingerprint density at radius 1 is 1.10 bits per heavy atom. The Labute approximate surface area is 182 Å². The van der Waals surface area contributed by atoms with Crippen molar-refractivity contribution in [3.05, 3.63) is 29.8 Å². The van der Waals surface area contributed by atoms with E-state index in [9.17, 15) is 19.2 Å². The highest BCUT2D eigenvalue weighted by Gasteiger charge is 2.29. The quantitative estimate of drug-likeness (QED) is 0.411. The molecule has 3 rings (SSSR count). The van der Waals surface area contributed by atoms with Crippen molar-refractivity contribution in [3.63, 3.8) is 0 Å². The standard InChI is InChI=1S/C22H31N5O4/c1-2-3-18-12-20(29)27(14-25-18)13-19(28)23-10-11-24-21(30)15-6-8-17(9-7-15)26-22(31)16-4-5-16/h6-9,16,18,25H,2-5,10-14H2,1H3,(H,23,28)(H,24,30)(H,26,31). The fourth-order valence-electron chi connectivity index (χ4n) is 3.44. The predicted molar refractivity (Wildman–Crippen MR) is 116 cm³/mol. The van der Waals surface area contributed by atoms with Gasteiger partial charge in [-0.25, -0.2) is 0 Å². The highest BCUT2D eigenvalue weighted by Crippen LogP contribution is 2.30. The van der Waals surface area contributed by atoms with E-state index in [2.05, 4.69) is 28.2 Å². The highest BCUT2D eigenvalue weighted by atomic mass is 16.2. The number of amides is 4. The summed E-state index contributed by atoms with van der Waals surface area (Å²) in [5, 5.41) is 11.6. The van der Waals surface area contributed by atoms with Crippen LogP contribution < -0.4 is 21.3 Å². The van der Waals surface area contributed by atoms with Crippen LogP contribution in [0.2, 0.25) is 0 Å². The third-order valence-electron chi connectivity index (χ3n) is 5.41. The molecule has 1 aliphatic carbocycles. The van der Waals surface area contributed by atoms with Gasteiger partial charge in [-0.15, -0.1) is 0 Å². The van der Waals surface area contributed by atoms with Crippen LogP contribution in [0.25, 0.3) is 0 Å². The lowest BCUT2D eigenvalue weighted by Crippen LogP contribution is -2.53. The second kappa shape index (κ2) is 10.9. The molecule has 31 heavy (non-hydrogen) atoms. The zero-order valence-corrected chi connectivity index (χ0v) is 17.9. The third-order valence-corrected chi connectivity index (χ3v) is 5.41. The van der Waals surface area contributed by atoms with Gasteiger partial charge in [0.2, 0.25) is 17.7 Å². The van der Waals surface area contributed by atoms with Crippen LogP contribution in [0.3, 0.4) is 0 Å². The molecule has 4 N–H and O–H groups in total. The smallest absolute Gasteiger partial charge is 0.251 e. The minimum atomic E-state index is -0.258. The summed E-state index contributed by atoms with van der Waals surface area (Å²) in [6.07, 6.45) is 4.25. The Morgan fingerprint density at radius 2 is 1.81 bits per heavy atom. The SMILES string of the molecule is CCCC1CC(=O)N(CC(=O)NCCNC(=O)c2ccc(NC(=O)C3CC3)cc2)CN1. The van der Waals surface area contributed by atoms with E-state index in [0.717, 1.165) is 25.7 Å². The van der Waals surface area contributed by atoms with Gasteiger partial charge in [-0.3, -0.25) is 24.5 Å². The van der Waals surface area contributed by atoms with Gasteiger partial charge in [-0.05, 0) is 43.5 Å². The molecule has 9 heteroatoms. The first kappa shape index (κ1) is 22.7. The van der Waals surface area contributed by atoms with Crippen LogP contribution in [-0.2, 0) is 14.4 Å². The molecule has 1 aliphatic heterocycles. The maximum atomic E-state index is 12.2. The molecule has 1 aromatic rings. The number of anilines is 1. The third kappa shape index (κ3) is 7.06. The number of rotatable bonds is 10. The molecule has 1 unspecified atom stereocenters. The molecular weight excluding hydrogens is 398 g/mol. The average molecular weight is 430 g/mol. The number of carbonyl (C=O) groups excluding carboxylic acids is 4. The van der Waals surface area contributed by atoms with Crippen LogP contribution in [0.1, 0.15) is 49.4 Å². The van der Waals surface area contributed by atoms with Crippen molar-refractivity contribution >= 4 is 29.3 Å². The van der Waals surface area contributed by atoms with E-state index in [1.54, 1.807) is 24.3 Å². The van der Waals surface area contributed by atoms with Crippen LogP contribution in [0.5, 0.6) is 0 Å². The maximum Gasteiger partial charge on any atom is 0.251 e. The van der Waals surface area contributed by atoms with E-state index in [1.807, 2.05) is 0 Å². The molecule has 4 amide bonds. The van der Waals surface area contributed by atoms with Gasteiger partial charge in [0.25, 0.3) is 5.91 Å². The number of carbonyl (C=O) groups is 4. The van der Waals surface area contributed by atoms with Gasteiger partial charge in [0, 0.05) is 42.7 Å². The zero-order chi connectivity index (χ0) is 22.2. The lowest BCUT2D eigenvalue weighted by molar-refractivity contribution is -0.139. The first-order chi connectivity index (χ1) is 15.0. The fraction of sp³-hybridized carbons (Fsp3) is 0.545. The summed E-state index contributed by atoms with van der Waals surface area (Å²) in [5.74, 6) is -0.380. The zero-order valence-electron chi connectivity index (χ0n) is 17.9. The predicted octanol–water partition coefficient (Wildman–Crippen LogP) is 0.829. The summed E-state index contributed by atoms with van der Waals surface area (Å²) in [7, 11) is 0. The maximum absolute atomic E-state index is 12.2. The van der Waals surface area contributed by atoms with Crippen LogP contribution in [0, 0.1) is 5.92 Å². The van der Waals surface area contributed by atoms with E-state index in [-0.39, 0.29) is 55.2 Å². The Balaban J connectivity index is 1.31. The van der Waals surface area contributed by atoms with Gasteiger partial charge in [0.1, 0.15) is 6.54 Å². The molecule has 1 atom stereocenters. The van der Waals surface area contributed by atoms with E-state index < -0.39 is 0 Å². The largest absolute Gasteiger partial charge is 0.353 e. The van der Waals surface area contributed by atoms with Crippen LogP contribution in [-0.4, -0.2) is 60.9 Å². The molecule has 2 aliphatic rings. The molecule has 0 radical (unpaired) electrons. The van der Waals surface area contributed by atoms with Crippen LogP contribution >= 0.6 is 0 Å². The lowest BCUT2D eigenvalue weighted by Gasteiger charge is -2.32. The van der Waals surface area contributed by atoms with E-state index in [0.29, 0.717) is 24.3 Å². The van der Waals surface area contributed by atoms with Gasteiger partial charge in [0.05, 0.1) is 6.67 Å². The van der Waals surface area contributed by atoms with Crippen molar-refractivity contribution in [2.75, 3.05) is 31.6 Å². The summed E-state index contributed by atoms with van der Waals surface area (Å²) in [4.78, 5) is 49.7. The molecule has 1 saturated heterocycles. The van der Waals surface area contributed by atoms with E-state index in [4.69, 9.17) is 0 Å². The van der Waals surface area contributed by atoms with Gasteiger partial charge >= 0.3 is 0 Å². The summed E-state index contributed by atoms with van der Waals surface area (Å²) in [6, 6.07) is 6.89. The Morgan fingerprint density at radius 3 is 2.45 bits per heavy atom. The van der Waals surface area contributed by atoms with Crippen molar-refractivity contribution in [1.82, 2.24) is 20.9 Å². The van der Waals surface area contributed by atoms with E-state index in [1.165, 1.54) is 4.90 Å². The number of benzene rings is 1. The average Bonchev–Trinajstić information content (AvgIpc) is 3.59. The van der Waals surface area contributed by atoms with Crippen LogP contribution in [0.4, 0.5) is 5.69 Å². The number of hydrogen-bond acceptors (Lipinski definition) is 5. The minimum absolute atomic E-state index is 0.00661. The Kier molecular flexibility index (Phi) is 8.00. The number of nitrogens with one attached hydrogen (secondary N) is 4. The molecule has 0 spiro atoms. The summed E-state index contributed by atoms with van der Waals surface area (Å²) < 4.78 is 0. The Bertz CT molecular complexity index is 807. The van der Waals surface area contributed by atoms with Crippen molar-refractivity contribution in [1.29, 1.82) is 0 Å². The molecule has 1 aromatic carbocycles. The summed E-state index contributed by atoms with van der Waals surface area (Å²) in [6.45, 7) is 3.01. The van der Waals surface area contributed by atoms with Crippen molar-refractivity contribution < 1.29 is 19.2 Å². The molecule has 1 heterocycles. The van der Waals surface area contributed by atoms with Gasteiger partial charge < -0.3 is 20.9 Å². The summed E-state index contributed by atoms with van der Waals surface area (Å²) in [5.41, 5.74) is 1.14. The molecular formula is C22H31N5O4. The second-order valence-corrected chi connectivity index (χ2v) is 8.09. The summed E-state index contributed by atoms with van der Waals surface area (Å²) >= 11 is 0. The molecule has 9 nitrogen and oxygen atoms in total. The lowest BCUT2D eigenvalue weighted by atomic mass is 10.1. The van der Waals surface area contributed by atoms with Gasteiger partial charge in [-0.1, -0.05) is 13.3 Å². The second-order valence-electron chi connectivity index (χ2n) is 8.09. The number of nitrogens with zero attached hydrogens (tertiary/aromatic N) is 1. The molecule has 168 valence electrons. The molecule has 2 fully saturated rings. The fourth-order valence-corrected chi connectivity index (χ4v) is 3.44. The topological polar surface area (TPSA) is 120 Å². The van der Waals surface area contributed by atoms with Crippen LogP contribution in [0.15, 0.2) is 24.3 Å². The van der Waals surface area contributed by atoms with Gasteiger partial charge in [-0.2, -0.15) is 0 Å². The monoisotopic (exact) mass is 429 g/mol. The Hall–Kier alpha value is -2.94. The van der Waals surface area contributed by atoms with Crippen molar-refractivity contribution in [3.8, 4) is 0 Å². The minimum Gasteiger partial charge on any atom is -0.353 e. The van der Waals surface area contributed by atoms with Crippen molar-refractivity contribution in [2.24, 2.45) is 5.92 Å². The molecule has 0 bridgehead atoms. The van der Waals surface area contributed by atoms with Gasteiger partial charge in [0.15, 0.2) is 0 Å². The molecule has 1 saturated carbocycles. The normalized spacial score (nSPS) is 18.4. The first-order valence-electron chi connectivity index (χ1n) is 10.9. The van der Waals surface area contributed by atoms with Crippen molar-refractivity contribution in [2.45, 2.75) is 45.1 Å².